The first kappa shape index (κ1) is 19.2. The van der Waals surface area contributed by atoms with Crippen molar-refractivity contribution in [1.29, 1.82) is 0 Å². The molecule has 1 saturated heterocycles. The number of rotatable bonds is 6. The highest BCUT2D eigenvalue weighted by Crippen LogP contribution is 2.27. The van der Waals surface area contributed by atoms with Crippen molar-refractivity contribution in [2.45, 2.75) is 32.5 Å². The molecule has 0 radical (unpaired) electrons. The highest BCUT2D eigenvalue weighted by molar-refractivity contribution is 7.91. The van der Waals surface area contributed by atoms with Crippen LogP contribution in [0, 0.1) is 6.92 Å². The van der Waals surface area contributed by atoms with Gasteiger partial charge < -0.3 is 4.74 Å². The van der Waals surface area contributed by atoms with E-state index < -0.39 is 9.84 Å². The van der Waals surface area contributed by atoms with Gasteiger partial charge in [0.2, 0.25) is 0 Å². The summed E-state index contributed by atoms with van der Waals surface area (Å²) >= 11 is 6.40. The number of sulfone groups is 1. The van der Waals surface area contributed by atoms with Crippen LogP contribution in [0.5, 0.6) is 5.75 Å². The van der Waals surface area contributed by atoms with Crippen LogP contribution in [-0.2, 0) is 30.0 Å². The second kappa shape index (κ2) is 7.58. The Bertz CT molecular complexity index is 878. The Balaban J connectivity index is 1.86. The molecule has 1 aliphatic rings. The van der Waals surface area contributed by atoms with E-state index in [1.807, 2.05) is 38.2 Å². The number of methoxy groups -OCH3 is 1. The molecule has 1 fully saturated rings. The molecule has 142 valence electrons. The van der Waals surface area contributed by atoms with Gasteiger partial charge in [0.25, 0.3) is 0 Å². The summed E-state index contributed by atoms with van der Waals surface area (Å²) < 4.78 is 30.8. The van der Waals surface area contributed by atoms with Gasteiger partial charge in [0, 0.05) is 31.7 Å². The van der Waals surface area contributed by atoms with Crippen LogP contribution in [0.3, 0.4) is 0 Å². The van der Waals surface area contributed by atoms with Crippen molar-refractivity contribution < 1.29 is 13.2 Å². The lowest BCUT2D eigenvalue weighted by atomic mass is 10.1. The van der Waals surface area contributed by atoms with E-state index in [1.54, 1.807) is 11.8 Å². The molecular formula is C18H24ClN3O3S. The molecular weight excluding hydrogens is 374 g/mol. The van der Waals surface area contributed by atoms with E-state index in [0.29, 0.717) is 24.7 Å². The molecule has 0 spiro atoms. The number of hydrogen-bond acceptors (Lipinski definition) is 5. The SMILES string of the molecule is COc1ccc(CN(Cc2c(C)nn(C)c2Cl)C2CCS(=O)(=O)C2)cc1. The molecule has 2 heterocycles. The fraction of sp³-hybridized carbons (Fsp3) is 0.500. The van der Waals surface area contributed by atoms with Crippen LogP contribution in [0.15, 0.2) is 24.3 Å². The fourth-order valence-corrected chi connectivity index (χ4v) is 5.40. The average Bonchev–Trinajstić information content (AvgIpc) is 3.08. The summed E-state index contributed by atoms with van der Waals surface area (Å²) in [5.74, 6) is 1.24. The quantitative estimate of drug-likeness (QED) is 0.749. The molecule has 6 nitrogen and oxygen atoms in total. The van der Waals surface area contributed by atoms with Gasteiger partial charge in [-0.15, -0.1) is 0 Å². The van der Waals surface area contributed by atoms with Gasteiger partial charge in [0.1, 0.15) is 10.9 Å². The van der Waals surface area contributed by atoms with Crippen LogP contribution in [0.2, 0.25) is 5.15 Å². The number of ether oxygens (including phenoxy) is 1. The second-order valence-electron chi connectivity index (χ2n) is 6.79. The first-order valence-corrected chi connectivity index (χ1v) is 10.7. The van der Waals surface area contributed by atoms with Crippen molar-refractivity contribution in [1.82, 2.24) is 14.7 Å². The van der Waals surface area contributed by atoms with Gasteiger partial charge >= 0.3 is 0 Å². The number of benzene rings is 1. The Morgan fingerprint density at radius 1 is 1.31 bits per heavy atom. The van der Waals surface area contributed by atoms with Gasteiger partial charge in [-0.1, -0.05) is 23.7 Å². The van der Waals surface area contributed by atoms with Crippen LogP contribution in [0.1, 0.15) is 23.2 Å². The minimum atomic E-state index is -2.97. The van der Waals surface area contributed by atoms with Crippen molar-refractivity contribution >= 4 is 21.4 Å². The van der Waals surface area contributed by atoms with Gasteiger partial charge in [-0.05, 0) is 31.0 Å². The molecule has 0 saturated carbocycles. The third-order valence-electron chi connectivity index (χ3n) is 4.90. The van der Waals surface area contributed by atoms with Crippen LogP contribution in [0.4, 0.5) is 0 Å². The molecule has 26 heavy (non-hydrogen) atoms. The maximum Gasteiger partial charge on any atom is 0.151 e. The highest BCUT2D eigenvalue weighted by Gasteiger charge is 2.33. The van der Waals surface area contributed by atoms with E-state index >= 15 is 0 Å². The third kappa shape index (κ3) is 4.22. The van der Waals surface area contributed by atoms with E-state index in [0.717, 1.165) is 22.6 Å². The Morgan fingerprint density at radius 3 is 2.50 bits per heavy atom. The minimum absolute atomic E-state index is 0.0159. The van der Waals surface area contributed by atoms with Crippen molar-refractivity contribution in [3.8, 4) is 5.75 Å². The van der Waals surface area contributed by atoms with Gasteiger partial charge in [0.05, 0.1) is 24.3 Å². The zero-order valence-electron chi connectivity index (χ0n) is 15.3. The van der Waals surface area contributed by atoms with Crippen LogP contribution in [-0.4, -0.2) is 47.8 Å². The normalized spacial score (nSPS) is 19.2. The lowest BCUT2D eigenvalue weighted by Gasteiger charge is -2.28. The Hall–Kier alpha value is -1.57. The van der Waals surface area contributed by atoms with Crippen molar-refractivity contribution in [2.24, 2.45) is 7.05 Å². The molecule has 1 aromatic heterocycles. The molecule has 8 heteroatoms. The van der Waals surface area contributed by atoms with E-state index in [9.17, 15) is 8.42 Å². The molecule has 3 rings (SSSR count). The third-order valence-corrected chi connectivity index (χ3v) is 7.12. The zero-order valence-corrected chi connectivity index (χ0v) is 16.8. The topological polar surface area (TPSA) is 64.4 Å². The van der Waals surface area contributed by atoms with Crippen molar-refractivity contribution in [3.63, 3.8) is 0 Å². The van der Waals surface area contributed by atoms with Gasteiger partial charge in [-0.25, -0.2) is 8.42 Å². The molecule has 0 bridgehead atoms. The van der Waals surface area contributed by atoms with Crippen LogP contribution in [0.25, 0.3) is 0 Å². The maximum atomic E-state index is 12.0. The smallest absolute Gasteiger partial charge is 0.151 e. The number of nitrogens with zero attached hydrogens (tertiary/aromatic N) is 3. The van der Waals surface area contributed by atoms with Gasteiger partial charge in [0.15, 0.2) is 9.84 Å². The number of hydrogen-bond donors (Lipinski definition) is 0. The molecule has 2 aromatic rings. The summed E-state index contributed by atoms with van der Waals surface area (Å²) in [5.41, 5.74) is 2.93. The second-order valence-corrected chi connectivity index (χ2v) is 9.38. The fourth-order valence-electron chi connectivity index (χ4n) is 3.40. The first-order chi connectivity index (χ1) is 12.3. The zero-order chi connectivity index (χ0) is 18.9. The summed E-state index contributed by atoms with van der Waals surface area (Å²) in [6, 6.07) is 7.83. The molecule has 0 N–H and O–H groups in total. The van der Waals surface area contributed by atoms with Crippen molar-refractivity contribution in [2.75, 3.05) is 18.6 Å². The predicted octanol–water partition coefficient (Wildman–Crippen LogP) is 2.58. The van der Waals surface area contributed by atoms with Crippen molar-refractivity contribution in [3.05, 3.63) is 46.2 Å². The van der Waals surface area contributed by atoms with Gasteiger partial charge in [-0.3, -0.25) is 9.58 Å². The molecule has 0 amide bonds. The van der Waals surface area contributed by atoms with E-state index in [-0.39, 0.29) is 17.5 Å². The van der Waals surface area contributed by atoms with Crippen LogP contribution >= 0.6 is 11.6 Å². The number of halogens is 1. The van der Waals surface area contributed by atoms with E-state index in [2.05, 4.69) is 10.00 Å². The summed E-state index contributed by atoms with van der Waals surface area (Å²) in [6.07, 6.45) is 0.648. The van der Waals surface area contributed by atoms with Crippen LogP contribution < -0.4 is 4.74 Å². The standard InChI is InChI=1S/C18H24ClN3O3S/c1-13-17(18(19)21(2)20-13)11-22(15-8-9-26(23,24)12-15)10-14-4-6-16(25-3)7-5-14/h4-7,15H,8-12H2,1-3H3. The minimum Gasteiger partial charge on any atom is -0.497 e. The highest BCUT2D eigenvalue weighted by atomic mass is 35.5. The molecule has 1 unspecified atom stereocenters. The summed E-state index contributed by atoms with van der Waals surface area (Å²) in [7, 11) is 0.483. The summed E-state index contributed by atoms with van der Waals surface area (Å²) in [4.78, 5) is 2.20. The number of aromatic nitrogens is 2. The maximum absolute atomic E-state index is 12.0. The molecule has 1 aromatic carbocycles. The van der Waals surface area contributed by atoms with Gasteiger partial charge in [-0.2, -0.15) is 5.10 Å². The predicted molar refractivity (Wildman–Crippen MR) is 102 cm³/mol. The Labute approximate surface area is 159 Å². The van der Waals surface area contributed by atoms with E-state index in [4.69, 9.17) is 16.3 Å². The Morgan fingerprint density at radius 2 is 2.00 bits per heavy atom. The molecule has 1 atom stereocenters. The summed E-state index contributed by atoms with van der Waals surface area (Å²) in [6.45, 7) is 3.15. The van der Waals surface area contributed by atoms with E-state index in [1.165, 1.54) is 0 Å². The monoisotopic (exact) mass is 397 g/mol. The average molecular weight is 398 g/mol. The molecule has 0 aliphatic carbocycles. The lowest BCUT2D eigenvalue weighted by Crippen LogP contribution is -2.35. The number of aryl methyl sites for hydroxylation is 2. The lowest BCUT2D eigenvalue weighted by molar-refractivity contribution is 0.194. The Kier molecular flexibility index (Phi) is 5.60. The molecule has 1 aliphatic heterocycles. The first-order valence-electron chi connectivity index (χ1n) is 8.54. The summed E-state index contributed by atoms with van der Waals surface area (Å²) in [5, 5.41) is 4.97. The largest absolute Gasteiger partial charge is 0.497 e.